The number of rotatable bonds is 2. The summed E-state index contributed by atoms with van der Waals surface area (Å²) >= 11 is 0. The molecule has 1 N–H and O–H groups in total. The number of carboxylic acid groups (broad SMARTS) is 1. The topological polar surface area (TPSA) is 67.3 Å². The van der Waals surface area contributed by atoms with Gasteiger partial charge >= 0.3 is 5.97 Å². The van der Waals surface area contributed by atoms with Crippen LogP contribution in [0.3, 0.4) is 0 Å². The number of carboxylic acids is 1. The maximum atomic E-state index is 13.1. The molecule has 1 aliphatic carbocycles. The number of carbonyl (C=O) groups excluding carboxylic acids is 1. The number of carbonyl (C=O) groups is 2. The summed E-state index contributed by atoms with van der Waals surface area (Å²) in [4.78, 5) is 26.3. The lowest BCUT2D eigenvalue weighted by atomic mass is 9.69. The van der Waals surface area contributed by atoms with Crippen LogP contribution in [-0.4, -0.2) is 21.8 Å². The van der Waals surface area contributed by atoms with Gasteiger partial charge in [0.15, 0.2) is 0 Å². The number of ketones is 1. The van der Waals surface area contributed by atoms with Crippen molar-refractivity contribution >= 4 is 11.8 Å². The van der Waals surface area contributed by atoms with Crippen LogP contribution < -0.4 is 0 Å². The van der Waals surface area contributed by atoms with Crippen molar-refractivity contribution < 1.29 is 19.1 Å². The minimum absolute atomic E-state index is 0.0613. The Morgan fingerprint density at radius 3 is 2.53 bits per heavy atom. The average molecular weight is 237 g/mol. The maximum Gasteiger partial charge on any atom is 0.314 e. The number of aliphatic carboxylic acids is 1. The van der Waals surface area contributed by atoms with Crippen LogP contribution in [0, 0.1) is 5.82 Å². The van der Waals surface area contributed by atoms with Gasteiger partial charge < -0.3 is 5.11 Å². The van der Waals surface area contributed by atoms with Crippen molar-refractivity contribution in [3.8, 4) is 0 Å². The molecule has 1 heterocycles. The minimum atomic E-state index is -1.16. The molecule has 90 valence electrons. The van der Waals surface area contributed by atoms with Crippen LogP contribution in [0.25, 0.3) is 0 Å². The van der Waals surface area contributed by atoms with Gasteiger partial charge in [0, 0.05) is 19.0 Å². The largest absolute Gasteiger partial charge is 0.481 e. The highest BCUT2D eigenvalue weighted by molar-refractivity contribution is 5.87. The molecule has 1 aliphatic rings. The molecule has 0 bridgehead atoms. The highest BCUT2D eigenvalue weighted by Gasteiger charge is 2.43. The Hall–Kier alpha value is -1.78. The number of hydrogen-bond acceptors (Lipinski definition) is 3. The molecule has 1 saturated carbocycles. The van der Waals surface area contributed by atoms with Gasteiger partial charge in [-0.05, 0) is 24.5 Å². The molecule has 5 heteroatoms. The molecule has 1 aromatic heterocycles. The second-order valence-corrected chi connectivity index (χ2v) is 4.32. The van der Waals surface area contributed by atoms with Gasteiger partial charge in [-0.25, -0.2) is 4.39 Å². The van der Waals surface area contributed by atoms with Crippen molar-refractivity contribution in [2.75, 3.05) is 0 Å². The van der Waals surface area contributed by atoms with E-state index in [0.717, 1.165) is 6.20 Å². The summed E-state index contributed by atoms with van der Waals surface area (Å²) in [6.45, 7) is 0. The summed E-state index contributed by atoms with van der Waals surface area (Å²) in [5.74, 6) is -1.51. The summed E-state index contributed by atoms with van der Waals surface area (Å²) in [6, 6.07) is 1.19. The van der Waals surface area contributed by atoms with Gasteiger partial charge in [-0.3, -0.25) is 14.6 Å². The molecule has 0 aromatic carbocycles. The molecule has 0 amide bonds. The second-order valence-electron chi connectivity index (χ2n) is 4.32. The zero-order valence-corrected chi connectivity index (χ0v) is 9.15. The first-order chi connectivity index (χ1) is 8.04. The van der Waals surface area contributed by atoms with E-state index in [0.29, 0.717) is 5.56 Å². The summed E-state index contributed by atoms with van der Waals surface area (Å²) in [5, 5.41) is 9.36. The fourth-order valence-corrected chi connectivity index (χ4v) is 2.26. The van der Waals surface area contributed by atoms with Gasteiger partial charge in [0.05, 0.1) is 11.6 Å². The highest BCUT2D eigenvalue weighted by atomic mass is 19.1. The van der Waals surface area contributed by atoms with Gasteiger partial charge in [0.1, 0.15) is 11.6 Å². The lowest BCUT2D eigenvalue weighted by Gasteiger charge is -2.32. The lowest BCUT2D eigenvalue weighted by Crippen LogP contribution is -2.40. The number of Topliss-reactive ketones (excluding diaryl/α,β-unsaturated/α-hetero) is 1. The van der Waals surface area contributed by atoms with Crippen LogP contribution in [-0.2, 0) is 15.0 Å². The Morgan fingerprint density at radius 2 is 2.00 bits per heavy atom. The zero-order chi connectivity index (χ0) is 12.5. The van der Waals surface area contributed by atoms with E-state index in [1.807, 2.05) is 0 Å². The average Bonchev–Trinajstić information content (AvgIpc) is 2.30. The lowest BCUT2D eigenvalue weighted by molar-refractivity contribution is -0.146. The van der Waals surface area contributed by atoms with Crippen molar-refractivity contribution in [2.24, 2.45) is 0 Å². The van der Waals surface area contributed by atoms with E-state index in [1.165, 1.54) is 12.3 Å². The second kappa shape index (κ2) is 4.24. The van der Waals surface area contributed by atoms with Crippen LogP contribution in [0.4, 0.5) is 4.39 Å². The van der Waals surface area contributed by atoms with Crippen LogP contribution in [0.15, 0.2) is 18.5 Å². The predicted molar refractivity (Wildman–Crippen MR) is 57.0 cm³/mol. The maximum absolute atomic E-state index is 13.1. The first kappa shape index (κ1) is 11.7. The smallest absolute Gasteiger partial charge is 0.314 e. The third-order valence-electron chi connectivity index (χ3n) is 3.33. The van der Waals surface area contributed by atoms with Crippen molar-refractivity contribution in [3.05, 3.63) is 29.8 Å². The SMILES string of the molecule is O=C1CCC(C(=O)O)(c2cncc(F)c2)CC1. The fraction of sp³-hybridized carbons (Fsp3) is 0.417. The molecule has 17 heavy (non-hydrogen) atoms. The monoisotopic (exact) mass is 237 g/mol. The van der Waals surface area contributed by atoms with Crippen LogP contribution in [0.1, 0.15) is 31.2 Å². The van der Waals surface area contributed by atoms with Gasteiger partial charge in [0.25, 0.3) is 0 Å². The van der Waals surface area contributed by atoms with E-state index in [9.17, 15) is 19.1 Å². The Kier molecular flexibility index (Phi) is 2.92. The van der Waals surface area contributed by atoms with E-state index in [-0.39, 0.29) is 31.5 Å². The first-order valence-corrected chi connectivity index (χ1v) is 5.41. The molecule has 0 unspecified atom stereocenters. The van der Waals surface area contributed by atoms with Crippen LogP contribution >= 0.6 is 0 Å². The number of aromatic nitrogens is 1. The van der Waals surface area contributed by atoms with Crippen molar-refractivity contribution in [1.82, 2.24) is 4.98 Å². The van der Waals surface area contributed by atoms with Crippen LogP contribution in [0.5, 0.6) is 0 Å². The minimum Gasteiger partial charge on any atom is -0.481 e. The molecule has 2 rings (SSSR count). The van der Waals surface area contributed by atoms with Gasteiger partial charge in [-0.1, -0.05) is 0 Å². The molecule has 4 nitrogen and oxygen atoms in total. The Bertz CT molecular complexity index is 463. The Balaban J connectivity index is 2.41. The van der Waals surface area contributed by atoms with Gasteiger partial charge in [-0.15, -0.1) is 0 Å². The number of nitrogens with zero attached hydrogens (tertiary/aromatic N) is 1. The standard InChI is InChI=1S/C12H12FNO3/c13-9-5-8(6-14-7-9)12(11(16)17)3-1-10(15)2-4-12/h5-7H,1-4H2,(H,16,17). The van der Waals surface area contributed by atoms with Crippen molar-refractivity contribution in [3.63, 3.8) is 0 Å². The molecule has 1 fully saturated rings. The van der Waals surface area contributed by atoms with Crippen molar-refractivity contribution in [2.45, 2.75) is 31.1 Å². The summed E-state index contributed by atoms with van der Waals surface area (Å²) in [7, 11) is 0. The molecular weight excluding hydrogens is 225 g/mol. The molecule has 0 spiro atoms. The molecule has 0 radical (unpaired) electrons. The predicted octanol–water partition coefficient (Wildman–Crippen LogP) is 1.69. The number of pyridine rings is 1. The fourth-order valence-electron chi connectivity index (χ4n) is 2.26. The quantitative estimate of drug-likeness (QED) is 0.849. The van der Waals surface area contributed by atoms with Crippen molar-refractivity contribution in [1.29, 1.82) is 0 Å². The van der Waals surface area contributed by atoms with E-state index in [2.05, 4.69) is 4.98 Å². The van der Waals surface area contributed by atoms with E-state index in [4.69, 9.17) is 0 Å². The highest BCUT2D eigenvalue weighted by Crippen LogP contribution is 2.38. The Labute approximate surface area is 97.5 Å². The molecule has 0 saturated heterocycles. The van der Waals surface area contributed by atoms with Gasteiger partial charge in [0.2, 0.25) is 0 Å². The normalized spacial score (nSPS) is 19.0. The molecule has 0 aliphatic heterocycles. The van der Waals surface area contributed by atoms with E-state index < -0.39 is 17.2 Å². The third kappa shape index (κ3) is 2.05. The first-order valence-electron chi connectivity index (χ1n) is 5.41. The summed E-state index contributed by atoms with van der Waals surface area (Å²) in [6.07, 6.45) is 3.28. The number of halogens is 1. The summed E-state index contributed by atoms with van der Waals surface area (Å²) in [5.41, 5.74) is -0.819. The molecular formula is C12H12FNO3. The van der Waals surface area contributed by atoms with Crippen LogP contribution in [0.2, 0.25) is 0 Å². The van der Waals surface area contributed by atoms with E-state index >= 15 is 0 Å². The zero-order valence-electron chi connectivity index (χ0n) is 9.15. The van der Waals surface area contributed by atoms with E-state index in [1.54, 1.807) is 0 Å². The third-order valence-corrected chi connectivity index (χ3v) is 3.33. The number of hydrogen-bond donors (Lipinski definition) is 1. The molecule has 0 atom stereocenters. The Morgan fingerprint density at radius 1 is 1.35 bits per heavy atom. The summed E-state index contributed by atoms with van der Waals surface area (Å²) < 4.78 is 13.1. The molecule has 1 aromatic rings. The van der Waals surface area contributed by atoms with Gasteiger partial charge in [-0.2, -0.15) is 0 Å².